The Labute approximate surface area is 94.9 Å². The summed E-state index contributed by atoms with van der Waals surface area (Å²) in [5, 5.41) is 0. The fourth-order valence-corrected chi connectivity index (χ4v) is 1.62. The zero-order chi connectivity index (χ0) is 10.1. The van der Waals surface area contributed by atoms with E-state index < -0.39 is 0 Å². The molecule has 0 atom stereocenters. The standard InChI is InChI=1S/C12H17I/c1-9(2)10-5-7-11(8-6-10)12(3,4)13/h5-9H,1-4H3. The van der Waals surface area contributed by atoms with E-state index in [-0.39, 0.29) is 3.42 Å². The van der Waals surface area contributed by atoms with Crippen LogP contribution >= 0.6 is 22.6 Å². The van der Waals surface area contributed by atoms with Crippen molar-refractivity contribution in [2.75, 3.05) is 0 Å². The van der Waals surface area contributed by atoms with Crippen molar-refractivity contribution < 1.29 is 0 Å². The molecule has 0 amide bonds. The highest BCUT2D eigenvalue weighted by Gasteiger charge is 2.15. The molecule has 0 heterocycles. The minimum absolute atomic E-state index is 0.243. The van der Waals surface area contributed by atoms with Crippen LogP contribution in [0.15, 0.2) is 24.3 Å². The SMILES string of the molecule is CC(C)c1ccc(C(C)(C)I)cc1. The van der Waals surface area contributed by atoms with Crippen LogP contribution in [0.3, 0.4) is 0 Å². The smallest absolute Gasteiger partial charge is 0.0414 e. The third-order valence-corrected chi connectivity index (χ3v) is 2.89. The molecule has 0 radical (unpaired) electrons. The maximum atomic E-state index is 2.47. The van der Waals surface area contributed by atoms with Crippen LogP contribution in [0.2, 0.25) is 0 Å². The molecule has 0 aliphatic heterocycles. The number of hydrogen-bond acceptors (Lipinski definition) is 0. The van der Waals surface area contributed by atoms with Crippen LogP contribution in [0.4, 0.5) is 0 Å². The minimum Gasteiger partial charge on any atom is -0.0743 e. The summed E-state index contributed by atoms with van der Waals surface area (Å²) >= 11 is 2.47. The van der Waals surface area contributed by atoms with Crippen LogP contribution in [-0.4, -0.2) is 0 Å². The number of benzene rings is 1. The third kappa shape index (κ3) is 2.97. The van der Waals surface area contributed by atoms with Gasteiger partial charge >= 0.3 is 0 Å². The number of hydrogen-bond donors (Lipinski definition) is 0. The van der Waals surface area contributed by atoms with E-state index >= 15 is 0 Å². The van der Waals surface area contributed by atoms with Crippen LogP contribution in [0.1, 0.15) is 44.7 Å². The molecule has 0 aliphatic carbocycles. The fraction of sp³-hybridized carbons (Fsp3) is 0.500. The van der Waals surface area contributed by atoms with Crippen molar-refractivity contribution >= 4 is 22.6 Å². The summed E-state index contributed by atoms with van der Waals surface area (Å²) in [5.41, 5.74) is 2.82. The molecule has 0 saturated heterocycles. The summed E-state index contributed by atoms with van der Waals surface area (Å²) in [6, 6.07) is 8.95. The lowest BCUT2D eigenvalue weighted by molar-refractivity contribution is 0.818. The van der Waals surface area contributed by atoms with Gasteiger partial charge in [-0.3, -0.25) is 0 Å². The van der Waals surface area contributed by atoms with Crippen molar-refractivity contribution in [1.82, 2.24) is 0 Å². The van der Waals surface area contributed by atoms with Gasteiger partial charge in [0.05, 0.1) is 0 Å². The highest BCUT2D eigenvalue weighted by atomic mass is 127. The summed E-state index contributed by atoms with van der Waals surface area (Å²) in [6.07, 6.45) is 0. The van der Waals surface area contributed by atoms with Gasteiger partial charge in [-0.2, -0.15) is 0 Å². The molecule has 1 aromatic rings. The summed E-state index contributed by atoms with van der Waals surface area (Å²) in [5.74, 6) is 0.631. The molecule has 1 rings (SSSR count). The summed E-state index contributed by atoms with van der Waals surface area (Å²) < 4.78 is 0.243. The molecule has 0 bridgehead atoms. The first-order chi connectivity index (χ1) is 5.91. The van der Waals surface area contributed by atoms with Crippen LogP contribution in [0.25, 0.3) is 0 Å². The van der Waals surface area contributed by atoms with Gasteiger partial charge in [0.1, 0.15) is 0 Å². The molecule has 0 nitrogen and oxygen atoms in total. The molecule has 0 unspecified atom stereocenters. The summed E-state index contributed by atoms with van der Waals surface area (Å²) in [6.45, 7) is 8.92. The van der Waals surface area contributed by atoms with Crippen LogP contribution in [0.5, 0.6) is 0 Å². The highest BCUT2D eigenvalue weighted by molar-refractivity contribution is 14.1. The maximum Gasteiger partial charge on any atom is 0.0414 e. The van der Waals surface area contributed by atoms with Crippen molar-refractivity contribution in [3.05, 3.63) is 35.4 Å². The predicted molar refractivity (Wildman–Crippen MR) is 67.6 cm³/mol. The Morgan fingerprint density at radius 3 is 1.85 bits per heavy atom. The van der Waals surface area contributed by atoms with Crippen molar-refractivity contribution in [1.29, 1.82) is 0 Å². The zero-order valence-corrected chi connectivity index (χ0v) is 10.9. The van der Waals surface area contributed by atoms with Crippen LogP contribution in [0, 0.1) is 0 Å². The van der Waals surface area contributed by atoms with Gasteiger partial charge < -0.3 is 0 Å². The topological polar surface area (TPSA) is 0 Å². The Kier molecular flexibility index (Phi) is 3.38. The average Bonchev–Trinajstić information content (AvgIpc) is 2.03. The Morgan fingerprint density at radius 2 is 1.54 bits per heavy atom. The molecular weight excluding hydrogens is 271 g/mol. The molecule has 13 heavy (non-hydrogen) atoms. The lowest BCUT2D eigenvalue weighted by atomic mass is 9.97. The quantitative estimate of drug-likeness (QED) is 0.556. The molecule has 0 N–H and O–H groups in total. The molecule has 0 fully saturated rings. The van der Waals surface area contributed by atoms with Gasteiger partial charge in [0, 0.05) is 3.42 Å². The van der Waals surface area contributed by atoms with E-state index in [9.17, 15) is 0 Å². The van der Waals surface area contributed by atoms with E-state index in [1.807, 2.05) is 0 Å². The second-order valence-corrected chi connectivity index (χ2v) is 6.95. The van der Waals surface area contributed by atoms with Gasteiger partial charge in [0.15, 0.2) is 0 Å². The Morgan fingerprint density at radius 1 is 1.08 bits per heavy atom. The second kappa shape index (κ2) is 3.99. The predicted octanol–water partition coefficient (Wildman–Crippen LogP) is 4.48. The molecule has 0 spiro atoms. The van der Waals surface area contributed by atoms with Gasteiger partial charge in [-0.25, -0.2) is 0 Å². The third-order valence-electron chi connectivity index (χ3n) is 2.26. The van der Waals surface area contributed by atoms with Gasteiger partial charge in [-0.1, -0.05) is 60.7 Å². The fourth-order valence-electron chi connectivity index (χ4n) is 1.26. The monoisotopic (exact) mass is 288 g/mol. The van der Waals surface area contributed by atoms with Gasteiger partial charge in [-0.15, -0.1) is 0 Å². The summed E-state index contributed by atoms with van der Waals surface area (Å²) in [4.78, 5) is 0. The van der Waals surface area contributed by atoms with Crippen LogP contribution < -0.4 is 0 Å². The van der Waals surface area contributed by atoms with Crippen molar-refractivity contribution in [3.8, 4) is 0 Å². The molecule has 0 aliphatic rings. The molecule has 0 aromatic heterocycles. The first-order valence-corrected chi connectivity index (χ1v) is 5.78. The average molecular weight is 288 g/mol. The van der Waals surface area contributed by atoms with Gasteiger partial charge in [0.25, 0.3) is 0 Å². The van der Waals surface area contributed by atoms with E-state index in [4.69, 9.17) is 0 Å². The van der Waals surface area contributed by atoms with Gasteiger partial charge in [0.2, 0.25) is 0 Å². The van der Waals surface area contributed by atoms with Crippen molar-refractivity contribution in [3.63, 3.8) is 0 Å². The normalized spacial score (nSPS) is 12.2. The van der Waals surface area contributed by atoms with E-state index in [1.165, 1.54) is 11.1 Å². The Balaban J connectivity index is 2.94. The van der Waals surface area contributed by atoms with E-state index in [0.29, 0.717) is 5.92 Å². The zero-order valence-electron chi connectivity index (χ0n) is 8.76. The Bertz CT molecular complexity index is 264. The molecular formula is C12H17I. The molecule has 72 valence electrons. The maximum absolute atomic E-state index is 2.47. The Hall–Kier alpha value is -0.0500. The molecule has 0 saturated carbocycles. The van der Waals surface area contributed by atoms with E-state index in [2.05, 4.69) is 74.6 Å². The summed E-state index contributed by atoms with van der Waals surface area (Å²) in [7, 11) is 0. The van der Waals surface area contributed by atoms with E-state index in [1.54, 1.807) is 0 Å². The number of alkyl halides is 1. The first-order valence-electron chi connectivity index (χ1n) is 4.70. The van der Waals surface area contributed by atoms with Crippen molar-refractivity contribution in [2.24, 2.45) is 0 Å². The molecule has 1 heteroatoms. The first kappa shape index (κ1) is 11.0. The van der Waals surface area contributed by atoms with Crippen molar-refractivity contribution in [2.45, 2.75) is 37.0 Å². The largest absolute Gasteiger partial charge is 0.0743 e. The highest BCUT2D eigenvalue weighted by Crippen LogP contribution is 2.31. The van der Waals surface area contributed by atoms with Crippen LogP contribution in [-0.2, 0) is 3.42 Å². The second-order valence-electron chi connectivity index (χ2n) is 4.25. The molecule has 1 aromatic carbocycles. The lowest BCUT2D eigenvalue weighted by Gasteiger charge is -2.17. The lowest BCUT2D eigenvalue weighted by Crippen LogP contribution is -2.06. The van der Waals surface area contributed by atoms with Gasteiger partial charge in [-0.05, 0) is 30.9 Å². The number of rotatable bonds is 2. The number of halogens is 1. The minimum atomic E-state index is 0.243. The van der Waals surface area contributed by atoms with E-state index in [0.717, 1.165) is 0 Å².